The highest BCUT2D eigenvalue weighted by atomic mass is 35.5. The first-order valence-corrected chi connectivity index (χ1v) is 9.51. The minimum Gasteiger partial charge on any atom is -0.352 e. The molecule has 0 bridgehead atoms. The van der Waals surface area contributed by atoms with Crippen LogP contribution >= 0.6 is 24.8 Å². The molecule has 1 aromatic rings. The first kappa shape index (κ1) is 23.2. The zero-order chi connectivity index (χ0) is 16.8. The lowest BCUT2D eigenvalue weighted by Crippen LogP contribution is -2.49. The lowest BCUT2D eigenvalue weighted by molar-refractivity contribution is -0.126. The Morgan fingerprint density at radius 3 is 2.19 bits per heavy atom. The van der Waals surface area contributed by atoms with Crippen LogP contribution in [0.3, 0.4) is 0 Å². The number of likely N-dealkylation sites (tertiary alicyclic amines) is 1. The summed E-state index contributed by atoms with van der Waals surface area (Å²) >= 11 is 0. The molecule has 2 saturated heterocycles. The van der Waals surface area contributed by atoms with Crippen LogP contribution in [0.25, 0.3) is 0 Å². The van der Waals surface area contributed by atoms with E-state index in [2.05, 4.69) is 39.8 Å². The van der Waals surface area contributed by atoms with E-state index in [0.29, 0.717) is 12.5 Å². The normalized spacial score (nSPS) is 19.3. The minimum absolute atomic E-state index is 0. The average molecular weight is 402 g/mol. The molecule has 148 valence electrons. The van der Waals surface area contributed by atoms with E-state index in [1.807, 2.05) is 6.92 Å². The van der Waals surface area contributed by atoms with Crippen LogP contribution in [0.5, 0.6) is 0 Å². The zero-order valence-corrected chi connectivity index (χ0v) is 17.3. The second-order valence-electron chi connectivity index (χ2n) is 7.43. The summed E-state index contributed by atoms with van der Waals surface area (Å²) in [5, 5.41) is 6.31. The molecule has 4 nitrogen and oxygen atoms in total. The second kappa shape index (κ2) is 11.8. The monoisotopic (exact) mass is 401 g/mol. The molecule has 1 unspecified atom stereocenters. The molecule has 2 aliphatic rings. The average Bonchev–Trinajstić information content (AvgIpc) is 2.81. The predicted octanol–water partition coefficient (Wildman–Crippen LogP) is 3.38. The summed E-state index contributed by atoms with van der Waals surface area (Å²) in [6.07, 6.45) is 5.42. The number of halogens is 2. The quantitative estimate of drug-likeness (QED) is 0.767. The standard InChI is InChI=1S/C20H31N3O.2ClH/c1-16(19-13-21-14-19)20(24)22-12-17-6-8-18(9-7-17)15-23-10-4-2-3-5-11-23;;/h6-9,16,19,21H,2-5,10-15H2,1H3,(H,22,24);2*1H. The van der Waals surface area contributed by atoms with Crippen LogP contribution in [0.1, 0.15) is 43.7 Å². The Hall–Kier alpha value is -0.810. The molecule has 2 N–H and O–H groups in total. The first-order valence-electron chi connectivity index (χ1n) is 9.51. The van der Waals surface area contributed by atoms with Crippen molar-refractivity contribution in [2.45, 2.75) is 45.7 Å². The van der Waals surface area contributed by atoms with Gasteiger partial charge >= 0.3 is 0 Å². The summed E-state index contributed by atoms with van der Waals surface area (Å²) in [6.45, 7) is 8.12. The summed E-state index contributed by atoms with van der Waals surface area (Å²) in [5.41, 5.74) is 2.56. The van der Waals surface area contributed by atoms with Crippen molar-refractivity contribution < 1.29 is 4.79 Å². The van der Waals surface area contributed by atoms with Crippen molar-refractivity contribution in [3.8, 4) is 0 Å². The first-order chi connectivity index (χ1) is 11.7. The molecule has 0 aromatic heterocycles. The number of carbonyl (C=O) groups is 1. The maximum absolute atomic E-state index is 12.2. The number of hydrogen-bond acceptors (Lipinski definition) is 3. The third-order valence-electron chi connectivity index (χ3n) is 5.53. The van der Waals surface area contributed by atoms with E-state index in [0.717, 1.165) is 19.6 Å². The van der Waals surface area contributed by atoms with Crippen molar-refractivity contribution in [2.24, 2.45) is 11.8 Å². The van der Waals surface area contributed by atoms with Gasteiger partial charge in [0.2, 0.25) is 5.91 Å². The molecule has 3 rings (SSSR count). The van der Waals surface area contributed by atoms with Crippen molar-refractivity contribution in [2.75, 3.05) is 26.2 Å². The fourth-order valence-corrected chi connectivity index (χ4v) is 3.54. The number of carbonyl (C=O) groups excluding carboxylic acids is 1. The van der Waals surface area contributed by atoms with Crippen molar-refractivity contribution >= 4 is 30.7 Å². The molecule has 2 heterocycles. The van der Waals surface area contributed by atoms with Gasteiger partial charge in [-0.15, -0.1) is 24.8 Å². The topological polar surface area (TPSA) is 44.4 Å². The van der Waals surface area contributed by atoms with Gasteiger partial charge in [-0.3, -0.25) is 9.69 Å². The van der Waals surface area contributed by atoms with Crippen LogP contribution in [0, 0.1) is 11.8 Å². The van der Waals surface area contributed by atoms with Crippen LogP contribution in [0.4, 0.5) is 0 Å². The summed E-state index contributed by atoms with van der Waals surface area (Å²) < 4.78 is 0. The van der Waals surface area contributed by atoms with Gasteiger partial charge in [-0.1, -0.05) is 44.0 Å². The SMILES string of the molecule is CC(C(=O)NCc1ccc(CN2CCCCCC2)cc1)C1CNC1.Cl.Cl. The molecule has 0 spiro atoms. The summed E-state index contributed by atoms with van der Waals surface area (Å²) in [4.78, 5) is 14.7. The third kappa shape index (κ3) is 6.73. The molecule has 1 atom stereocenters. The fraction of sp³-hybridized carbons (Fsp3) is 0.650. The second-order valence-corrected chi connectivity index (χ2v) is 7.43. The molecule has 2 aliphatic heterocycles. The van der Waals surface area contributed by atoms with Crippen molar-refractivity contribution in [1.29, 1.82) is 0 Å². The number of rotatable bonds is 6. The molecule has 0 saturated carbocycles. The molecule has 26 heavy (non-hydrogen) atoms. The van der Waals surface area contributed by atoms with Gasteiger partial charge in [0.1, 0.15) is 0 Å². The highest BCUT2D eigenvalue weighted by Crippen LogP contribution is 2.16. The Kier molecular flexibility index (Phi) is 10.6. The van der Waals surface area contributed by atoms with E-state index < -0.39 is 0 Å². The van der Waals surface area contributed by atoms with E-state index >= 15 is 0 Å². The maximum Gasteiger partial charge on any atom is 0.223 e. The van der Waals surface area contributed by atoms with Crippen LogP contribution < -0.4 is 10.6 Å². The third-order valence-corrected chi connectivity index (χ3v) is 5.53. The van der Waals surface area contributed by atoms with Gasteiger partial charge in [0.05, 0.1) is 0 Å². The Morgan fingerprint density at radius 1 is 1.08 bits per heavy atom. The predicted molar refractivity (Wildman–Crippen MR) is 112 cm³/mol. The largest absolute Gasteiger partial charge is 0.352 e. The molecule has 1 aromatic carbocycles. The molecular weight excluding hydrogens is 369 g/mol. The maximum atomic E-state index is 12.2. The molecule has 0 aliphatic carbocycles. The highest BCUT2D eigenvalue weighted by molar-refractivity contribution is 5.85. The number of benzene rings is 1. The molecular formula is C20H33Cl2N3O. The van der Waals surface area contributed by atoms with E-state index in [9.17, 15) is 4.79 Å². The Bertz CT molecular complexity index is 526. The number of amides is 1. The molecule has 6 heteroatoms. The number of nitrogens with zero attached hydrogens (tertiary/aromatic N) is 1. The lowest BCUT2D eigenvalue weighted by atomic mass is 9.88. The van der Waals surface area contributed by atoms with Gasteiger partial charge in [-0.2, -0.15) is 0 Å². The van der Waals surface area contributed by atoms with Gasteiger partial charge in [0, 0.05) is 19.0 Å². The van der Waals surface area contributed by atoms with Gasteiger partial charge in [0.25, 0.3) is 0 Å². The summed E-state index contributed by atoms with van der Waals surface area (Å²) in [6, 6.07) is 8.74. The lowest BCUT2D eigenvalue weighted by Gasteiger charge is -2.31. The Labute approximate surface area is 170 Å². The van der Waals surface area contributed by atoms with E-state index in [1.54, 1.807) is 0 Å². The summed E-state index contributed by atoms with van der Waals surface area (Å²) in [7, 11) is 0. The Morgan fingerprint density at radius 2 is 1.65 bits per heavy atom. The van der Waals surface area contributed by atoms with Gasteiger partial charge in [-0.05, 0) is 56.1 Å². The number of nitrogens with one attached hydrogen (secondary N) is 2. The smallest absolute Gasteiger partial charge is 0.223 e. The van der Waals surface area contributed by atoms with E-state index in [1.165, 1.54) is 49.9 Å². The van der Waals surface area contributed by atoms with Gasteiger partial charge in [-0.25, -0.2) is 0 Å². The van der Waals surface area contributed by atoms with Crippen molar-refractivity contribution in [3.63, 3.8) is 0 Å². The molecule has 1 amide bonds. The van der Waals surface area contributed by atoms with E-state index in [4.69, 9.17) is 0 Å². The Balaban J connectivity index is 0.00000169. The van der Waals surface area contributed by atoms with Crippen molar-refractivity contribution in [3.05, 3.63) is 35.4 Å². The van der Waals surface area contributed by atoms with Crippen LogP contribution in [0.2, 0.25) is 0 Å². The van der Waals surface area contributed by atoms with Crippen LogP contribution in [0.15, 0.2) is 24.3 Å². The molecule has 2 fully saturated rings. The highest BCUT2D eigenvalue weighted by Gasteiger charge is 2.28. The van der Waals surface area contributed by atoms with Gasteiger partial charge in [0.15, 0.2) is 0 Å². The van der Waals surface area contributed by atoms with Gasteiger partial charge < -0.3 is 10.6 Å². The van der Waals surface area contributed by atoms with Crippen molar-refractivity contribution in [1.82, 2.24) is 15.5 Å². The van der Waals surface area contributed by atoms with Crippen LogP contribution in [-0.4, -0.2) is 37.0 Å². The summed E-state index contributed by atoms with van der Waals surface area (Å²) in [5.74, 6) is 0.782. The number of hydrogen-bond donors (Lipinski definition) is 2. The van der Waals surface area contributed by atoms with Crippen LogP contribution in [-0.2, 0) is 17.9 Å². The zero-order valence-electron chi connectivity index (χ0n) is 15.7. The molecule has 0 radical (unpaired) electrons. The van der Waals surface area contributed by atoms with E-state index in [-0.39, 0.29) is 36.6 Å². The fourth-order valence-electron chi connectivity index (χ4n) is 3.54. The minimum atomic E-state index is 0.